The number of aromatic nitrogens is 3. The Kier molecular flexibility index (Phi) is 8.16. The van der Waals surface area contributed by atoms with Crippen molar-refractivity contribution in [2.45, 2.75) is 19.3 Å². The lowest BCUT2D eigenvalue weighted by Crippen LogP contribution is -2.17. The van der Waals surface area contributed by atoms with Gasteiger partial charge in [-0.1, -0.05) is 178 Å². The second-order valence-electron chi connectivity index (χ2n) is 16.8. The van der Waals surface area contributed by atoms with Crippen molar-refractivity contribution in [3.05, 3.63) is 211 Å². The summed E-state index contributed by atoms with van der Waals surface area (Å²) >= 11 is 0. The Bertz CT molecular complexity index is 3560. The quantitative estimate of drug-likeness (QED) is 0.168. The van der Waals surface area contributed by atoms with Gasteiger partial charge in [0.15, 0.2) is 17.5 Å². The van der Waals surface area contributed by atoms with Gasteiger partial charge in [-0.15, -0.1) is 0 Å². The van der Waals surface area contributed by atoms with Crippen molar-refractivity contribution in [1.82, 2.24) is 15.0 Å². The van der Waals surface area contributed by atoms with Gasteiger partial charge >= 0.3 is 0 Å². The Balaban J connectivity index is 0.975. The summed E-state index contributed by atoms with van der Waals surface area (Å²) in [5.74, 6) is 1.93. The maximum Gasteiger partial charge on any atom is 0.164 e. The van der Waals surface area contributed by atoms with E-state index in [0.29, 0.717) is 17.5 Å². The molecule has 1 aliphatic rings. The highest BCUT2D eigenvalue weighted by Gasteiger charge is 2.38. The highest BCUT2D eigenvalue weighted by Crippen LogP contribution is 2.52. The number of hydrogen-bond acceptors (Lipinski definition) is 4. The first-order valence-electron chi connectivity index (χ1n) is 21.2. The van der Waals surface area contributed by atoms with E-state index in [-0.39, 0.29) is 5.41 Å². The van der Waals surface area contributed by atoms with Crippen LogP contribution in [0.1, 0.15) is 25.0 Å². The van der Waals surface area contributed by atoms with Crippen LogP contribution in [0.15, 0.2) is 205 Å². The molecule has 1 aliphatic carbocycles. The number of hydrogen-bond donors (Lipinski definition) is 0. The van der Waals surface area contributed by atoms with E-state index in [1.165, 1.54) is 38.8 Å². The first-order chi connectivity index (χ1) is 30.5. The topological polar surface area (TPSA) is 51.8 Å². The van der Waals surface area contributed by atoms with E-state index in [1.54, 1.807) is 0 Å². The standard InChI is InChI=1S/C58H39N3O/c1-58(2)50-26-9-8-22-46(50)47-24-12-25-49(54(47)58)57-60-55(59-56(61-57)44-29-28-37-16-6-7-17-38(37)33-44)43-21-11-19-40(34-43)41-30-31-48-52(35-41)62-51-27-13-23-45(53(48)51)42-20-10-18-39(32-42)36-14-4-3-5-15-36/h3-35H,1-2H3. The molecule has 2 aromatic heterocycles. The van der Waals surface area contributed by atoms with Crippen LogP contribution >= 0.6 is 0 Å². The summed E-state index contributed by atoms with van der Waals surface area (Å²) < 4.78 is 6.61. The molecule has 0 N–H and O–H groups in total. The number of furan rings is 1. The predicted molar refractivity (Wildman–Crippen MR) is 255 cm³/mol. The molecule has 4 heteroatoms. The Morgan fingerprint density at radius 1 is 0.355 bits per heavy atom. The number of fused-ring (bicyclic) bond motifs is 7. The van der Waals surface area contributed by atoms with E-state index in [1.807, 2.05) is 0 Å². The van der Waals surface area contributed by atoms with Crippen LogP contribution in [0.25, 0.3) is 111 Å². The lowest BCUT2D eigenvalue weighted by Gasteiger charge is -2.24. The Morgan fingerprint density at radius 2 is 0.919 bits per heavy atom. The molecule has 0 spiro atoms. The van der Waals surface area contributed by atoms with Crippen molar-refractivity contribution >= 4 is 32.7 Å². The lowest BCUT2D eigenvalue weighted by atomic mass is 9.80. The lowest BCUT2D eigenvalue weighted by molar-refractivity contribution is 0.661. The molecule has 0 radical (unpaired) electrons. The number of rotatable bonds is 6. The predicted octanol–water partition coefficient (Wildman–Crippen LogP) is 15.2. The van der Waals surface area contributed by atoms with Gasteiger partial charge in [0.05, 0.1) is 0 Å². The zero-order valence-electron chi connectivity index (χ0n) is 34.3. The summed E-state index contributed by atoms with van der Waals surface area (Å²) in [5.41, 5.74) is 16.2. The van der Waals surface area contributed by atoms with Crippen LogP contribution in [-0.4, -0.2) is 15.0 Å². The van der Waals surface area contributed by atoms with Gasteiger partial charge in [-0.3, -0.25) is 0 Å². The first kappa shape index (κ1) is 35.9. The number of nitrogens with zero attached hydrogens (tertiary/aromatic N) is 3. The van der Waals surface area contributed by atoms with Crippen LogP contribution in [0, 0.1) is 0 Å². The summed E-state index contributed by atoms with van der Waals surface area (Å²) in [6.07, 6.45) is 0. The Labute approximate surface area is 359 Å². The average Bonchev–Trinajstić information content (AvgIpc) is 3.83. The smallest absolute Gasteiger partial charge is 0.164 e. The first-order valence-corrected chi connectivity index (χ1v) is 21.2. The van der Waals surface area contributed by atoms with Crippen LogP contribution < -0.4 is 0 Å². The fourth-order valence-corrected chi connectivity index (χ4v) is 9.70. The summed E-state index contributed by atoms with van der Waals surface area (Å²) in [6.45, 7) is 4.61. The van der Waals surface area contributed by atoms with Crippen molar-refractivity contribution in [2.75, 3.05) is 0 Å². The van der Waals surface area contributed by atoms with Crippen molar-refractivity contribution in [3.63, 3.8) is 0 Å². The Morgan fingerprint density at radius 3 is 1.77 bits per heavy atom. The molecule has 4 nitrogen and oxygen atoms in total. The maximum absolute atomic E-state index is 6.61. The third-order valence-corrected chi connectivity index (χ3v) is 12.7. The molecule has 0 aliphatic heterocycles. The van der Waals surface area contributed by atoms with E-state index in [4.69, 9.17) is 19.4 Å². The van der Waals surface area contributed by atoms with Gasteiger partial charge in [0, 0.05) is 32.9 Å². The van der Waals surface area contributed by atoms with Gasteiger partial charge < -0.3 is 4.42 Å². The highest BCUT2D eigenvalue weighted by atomic mass is 16.3. The molecule has 2 heterocycles. The molecule has 0 saturated heterocycles. The minimum Gasteiger partial charge on any atom is -0.456 e. The largest absolute Gasteiger partial charge is 0.456 e. The fraction of sp³-hybridized carbons (Fsp3) is 0.0517. The molecular weight excluding hydrogens is 755 g/mol. The third-order valence-electron chi connectivity index (χ3n) is 12.7. The molecule has 62 heavy (non-hydrogen) atoms. The van der Waals surface area contributed by atoms with Crippen molar-refractivity contribution in [2.24, 2.45) is 0 Å². The Hall–Kier alpha value is -7.95. The van der Waals surface area contributed by atoms with Gasteiger partial charge in [0.25, 0.3) is 0 Å². The average molecular weight is 794 g/mol. The van der Waals surface area contributed by atoms with E-state index in [2.05, 4.69) is 214 Å². The molecule has 12 rings (SSSR count). The minimum absolute atomic E-state index is 0.236. The molecule has 292 valence electrons. The van der Waals surface area contributed by atoms with E-state index in [0.717, 1.165) is 66.3 Å². The van der Waals surface area contributed by atoms with E-state index < -0.39 is 0 Å². The van der Waals surface area contributed by atoms with E-state index >= 15 is 0 Å². The van der Waals surface area contributed by atoms with Crippen LogP contribution in [0.5, 0.6) is 0 Å². The van der Waals surface area contributed by atoms with Gasteiger partial charge in [0.1, 0.15) is 11.2 Å². The molecule has 9 aromatic carbocycles. The van der Waals surface area contributed by atoms with Crippen LogP contribution in [-0.2, 0) is 5.41 Å². The van der Waals surface area contributed by atoms with Crippen LogP contribution in [0.4, 0.5) is 0 Å². The van der Waals surface area contributed by atoms with Gasteiger partial charge in [-0.2, -0.15) is 0 Å². The fourth-order valence-electron chi connectivity index (χ4n) is 9.70. The zero-order valence-corrected chi connectivity index (χ0v) is 34.3. The highest BCUT2D eigenvalue weighted by molar-refractivity contribution is 6.13. The molecule has 0 bridgehead atoms. The van der Waals surface area contributed by atoms with Crippen molar-refractivity contribution in [1.29, 1.82) is 0 Å². The molecular formula is C58H39N3O. The second-order valence-corrected chi connectivity index (χ2v) is 16.8. The molecule has 11 aromatic rings. The monoisotopic (exact) mass is 793 g/mol. The van der Waals surface area contributed by atoms with Gasteiger partial charge in [-0.05, 0) is 103 Å². The zero-order chi connectivity index (χ0) is 41.4. The molecule has 0 unspecified atom stereocenters. The maximum atomic E-state index is 6.61. The summed E-state index contributed by atoms with van der Waals surface area (Å²) in [5, 5.41) is 4.52. The van der Waals surface area contributed by atoms with Gasteiger partial charge in [-0.25, -0.2) is 15.0 Å². The normalized spacial score (nSPS) is 12.8. The second kappa shape index (κ2) is 14.1. The van der Waals surface area contributed by atoms with E-state index in [9.17, 15) is 0 Å². The summed E-state index contributed by atoms with van der Waals surface area (Å²) in [6, 6.07) is 70.8. The molecule has 0 fully saturated rings. The van der Waals surface area contributed by atoms with Crippen LogP contribution in [0.3, 0.4) is 0 Å². The summed E-state index contributed by atoms with van der Waals surface area (Å²) in [7, 11) is 0. The minimum atomic E-state index is -0.236. The molecule has 0 amide bonds. The summed E-state index contributed by atoms with van der Waals surface area (Å²) in [4.78, 5) is 15.8. The third kappa shape index (κ3) is 5.87. The molecule has 0 atom stereocenters. The van der Waals surface area contributed by atoms with Gasteiger partial charge in [0.2, 0.25) is 0 Å². The van der Waals surface area contributed by atoms with Crippen molar-refractivity contribution < 1.29 is 4.42 Å². The van der Waals surface area contributed by atoms with Crippen molar-refractivity contribution in [3.8, 4) is 78.7 Å². The van der Waals surface area contributed by atoms with Crippen LogP contribution in [0.2, 0.25) is 0 Å². The molecule has 0 saturated carbocycles. The number of benzene rings is 9. The SMILES string of the molecule is CC1(C)c2ccccc2-c2cccc(-c3nc(-c4cccc(-c5ccc6c(c5)oc5cccc(-c7cccc(-c8ccccc8)c7)c56)c4)nc(-c4ccc5ccccc5c4)n3)c21.